The van der Waals surface area contributed by atoms with E-state index in [9.17, 15) is 14.0 Å². The van der Waals surface area contributed by atoms with Crippen molar-refractivity contribution in [3.8, 4) is 0 Å². The van der Waals surface area contributed by atoms with Gasteiger partial charge in [0, 0.05) is 19.8 Å². The van der Waals surface area contributed by atoms with Crippen molar-refractivity contribution in [2.24, 2.45) is 0 Å². The van der Waals surface area contributed by atoms with Gasteiger partial charge in [0.15, 0.2) is 0 Å². The summed E-state index contributed by atoms with van der Waals surface area (Å²) in [4.78, 5) is 28.0. The number of benzene rings is 2. The maximum absolute atomic E-state index is 13.0. The summed E-state index contributed by atoms with van der Waals surface area (Å²) in [5, 5.41) is -0.386. The van der Waals surface area contributed by atoms with E-state index in [1.54, 1.807) is 6.08 Å². The van der Waals surface area contributed by atoms with E-state index < -0.39 is 11.7 Å². The van der Waals surface area contributed by atoms with E-state index in [0.29, 0.717) is 10.6 Å². The molecule has 0 spiro atoms. The molecule has 4 nitrogen and oxygen atoms in total. The molecule has 0 bridgehead atoms. The Balaban J connectivity index is 1.86. The first-order valence-corrected chi connectivity index (χ1v) is 8.08. The second-order valence-electron chi connectivity index (χ2n) is 5.48. The lowest BCUT2D eigenvalue weighted by Crippen LogP contribution is -2.27. The molecule has 0 aromatic heterocycles. The Morgan fingerprint density at radius 3 is 2.21 bits per heavy atom. The van der Waals surface area contributed by atoms with Crippen LogP contribution >= 0.6 is 11.8 Å². The van der Waals surface area contributed by atoms with Crippen molar-refractivity contribution >= 4 is 40.4 Å². The summed E-state index contributed by atoms with van der Waals surface area (Å²) in [5.74, 6) is -0.810. The van der Waals surface area contributed by atoms with Crippen LogP contribution in [0.1, 0.15) is 5.56 Å². The molecule has 1 fully saturated rings. The molecular weight excluding hydrogens is 327 g/mol. The van der Waals surface area contributed by atoms with Crippen LogP contribution in [0.5, 0.6) is 0 Å². The van der Waals surface area contributed by atoms with Gasteiger partial charge in [-0.3, -0.25) is 9.59 Å². The number of carbonyl (C=O) groups excluding carboxylic acids is 2. The largest absolute Gasteiger partial charge is 0.378 e. The summed E-state index contributed by atoms with van der Waals surface area (Å²) in [6, 6.07) is 12.9. The Hall–Kier alpha value is -2.60. The SMILES string of the molecule is CN(C)c1ccc(/C=C2/SC(=O)N(c3ccc(F)cc3)C2=O)cc1. The number of halogens is 1. The van der Waals surface area contributed by atoms with Crippen molar-refractivity contribution in [1.29, 1.82) is 0 Å². The number of carbonyl (C=O) groups is 2. The average Bonchev–Trinajstić information content (AvgIpc) is 2.83. The van der Waals surface area contributed by atoms with E-state index in [1.807, 2.05) is 43.3 Å². The number of anilines is 2. The highest BCUT2D eigenvalue weighted by atomic mass is 32.2. The van der Waals surface area contributed by atoms with E-state index in [2.05, 4.69) is 0 Å². The summed E-state index contributed by atoms with van der Waals surface area (Å²) in [6.45, 7) is 0. The van der Waals surface area contributed by atoms with E-state index in [0.717, 1.165) is 27.9 Å². The maximum Gasteiger partial charge on any atom is 0.298 e. The molecule has 24 heavy (non-hydrogen) atoms. The van der Waals surface area contributed by atoms with Gasteiger partial charge >= 0.3 is 0 Å². The molecule has 1 heterocycles. The predicted molar refractivity (Wildman–Crippen MR) is 95.6 cm³/mol. The fraction of sp³-hybridized carbons (Fsp3) is 0.111. The molecule has 3 rings (SSSR count). The molecule has 122 valence electrons. The Morgan fingerprint density at radius 1 is 1.00 bits per heavy atom. The fourth-order valence-corrected chi connectivity index (χ4v) is 3.14. The highest BCUT2D eigenvalue weighted by Crippen LogP contribution is 2.35. The quantitative estimate of drug-likeness (QED) is 0.787. The van der Waals surface area contributed by atoms with Gasteiger partial charge in [0.25, 0.3) is 11.1 Å². The van der Waals surface area contributed by atoms with Gasteiger partial charge in [0.05, 0.1) is 10.6 Å². The predicted octanol–water partition coefficient (Wildman–Crippen LogP) is 4.13. The van der Waals surface area contributed by atoms with Crippen molar-refractivity contribution in [1.82, 2.24) is 0 Å². The molecular formula is C18H15FN2O2S. The molecule has 1 saturated heterocycles. The number of nitrogens with zero attached hydrogens (tertiary/aromatic N) is 2. The number of hydrogen-bond donors (Lipinski definition) is 0. The topological polar surface area (TPSA) is 40.6 Å². The maximum atomic E-state index is 13.0. The Morgan fingerprint density at radius 2 is 1.62 bits per heavy atom. The smallest absolute Gasteiger partial charge is 0.298 e. The molecule has 1 aliphatic rings. The van der Waals surface area contributed by atoms with E-state index in [-0.39, 0.29) is 5.24 Å². The van der Waals surface area contributed by atoms with Crippen molar-refractivity contribution in [3.63, 3.8) is 0 Å². The second-order valence-corrected chi connectivity index (χ2v) is 6.47. The van der Waals surface area contributed by atoms with Gasteiger partial charge in [-0.1, -0.05) is 12.1 Å². The van der Waals surface area contributed by atoms with Crippen molar-refractivity contribution in [3.05, 3.63) is 64.8 Å². The average molecular weight is 342 g/mol. The van der Waals surface area contributed by atoms with Crippen LogP contribution in [0, 0.1) is 5.82 Å². The molecule has 0 atom stereocenters. The third kappa shape index (κ3) is 3.19. The molecule has 2 aromatic carbocycles. The van der Waals surface area contributed by atoms with Crippen molar-refractivity contribution < 1.29 is 14.0 Å². The number of amides is 2. The number of rotatable bonds is 3. The normalized spacial score (nSPS) is 16.1. The third-order valence-corrected chi connectivity index (χ3v) is 4.46. The minimum absolute atomic E-state index is 0.349. The van der Waals surface area contributed by atoms with Gasteiger partial charge in [0.1, 0.15) is 5.82 Å². The molecule has 0 N–H and O–H groups in total. The van der Waals surface area contributed by atoms with Crippen LogP contribution in [0.15, 0.2) is 53.4 Å². The number of imide groups is 1. The molecule has 2 aromatic rings. The summed E-state index contributed by atoms with van der Waals surface area (Å²) >= 11 is 0.881. The summed E-state index contributed by atoms with van der Waals surface area (Å²) in [7, 11) is 3.89. The van der Waals surface area contributed by atoms with Crippen LogP contribution in [-0.4, -0.2) is 25.2 Å². The van der Waals surface area contributed by atoms with Gasteiger partial charge < -0.3 is 4.90 Å². The first-order valence-electron chi connectivity index (χ1n) is 7.26. The fourth-order valence-electron chi connectivity index (χ4n) is 2.30. The molecule has 0 aliphatic carbocycles. The van der Waals surface area contributed by atoms with Crippen molar-refractivity contribution in [2.45, 2.75) is 0 Å². The van der Waals surface area contributed by atoms with Crippen LogP contribution < -0.4 is 9.80 Å². The van der Waals surface area contributed by atoms with Crippen LogP contribution in [0.3, 0.4) is 0 Å². The first-order chi connectivity index (χ1) is 11.5. The van der Waals surface area contributed by atoms with Gasteiger partial charge in [-0.2, -0.15) is 0 Å². The standard InChI is InChI=1S/C18H15FN2O2S/c1-20(2)14-7-3-12(4-8-14)11-16-17(22)21(18(23)24-16)15-9-5-13(19)6-10-15/h3-11H,1-2H3/b16-11+. The lowest BCUT2D eigenvalue weighted by atomic mass is 10.2. The van der Waals surface area contributed by atoms with Crippen LogP contribution in [0.25, 0.3) is 6.08 Å². The van der Waals surface area contributed by atoms with Gasteiger partial charge in [-0.25, -0.2) is 9.29 Å². The van der Waals surface area contributed by atoms with Gasteiger partial charge in [-0.15, -0.1) is 0 Å². The second kappa shape index (κ2) is 6.49. The lowest BCUT2D eigenvalue weighted by Gasteiger charge is -2.12. The number of hydrogen-bond acceptors (Lipinski definition) is 4. The zero-order valence-corrected chi connectivity index (χ0v) is 14.0. The van der Waals surface area contributed by atoms with Crippen LogP contribution in [0.4, 0.5) is 20.6 Å². The van der Waals surface area contributed by atoms with Crippen LogP contribution in [0.2, 0.25) is 0 Å². The third-order valence-electron chi connectivity index (χ3n) is 3.59. The highest BCUT2D eigenvalue weighted by Gasteiger charge is 2.36. The van der Waals surface area contributed by atoms with E-state index >= 15 is 0 Å². The zero-order chi connectivity index (χ0) is 17.3. The minimum Gasteiger partial charge on any atom is -0.378 e. The van der Waals surface area contributed by atoms with Crippen molar-refractivity contribution in [2.75, 3.05) is 23.9 Å². The van der Waals surface area contributed by atoms with Crippen LogP contribution in [-0.2, 0) is 4.79 Å². The molecule has 0 unspecified atom stereocenters. The molecule has 6 heteroatoms. The Labute approximate surface area is 143 Å². The Bertz CT molecular complexity index is 814. The monoisotopic (exact) mass is 342 g/mol. The summed E-state index contributed by atoms with van der Waals surface area (Å²) in [5.41, 5.74) is 2.25. The Kier molecular flexibility index (Phi) is 4.40. The van der Waals surface area contributed by atoms with Gasteiger partial charge in [0.2, 0.25) is 0 Å². The molecule has 0 radical (unpaired) electrons. The minimum atomic E-state index is -0.415. The van der Waals surface area contributed by atoms with Gasteiger partial charge in [-0.05, 0) is 59.8 Å². The number of thioether (sulfide) groups is 1. The molecule has 1 aliphatic heterocycles. The summed E-state index contributed by atoms with van der Waals surface area (Å²) < 4.78 is 13.0. The molecule has 0 saturated carbocycles. The lowest BCUT2D eigenvalue weighted by molar-refractivity contribution is -0.113. The van der Waals surface area contributed by atoms with E-state index in [1.165, 1.54) is 24.3 Å². The zero-order valence-electron chi connectivity index (χ0n) is 13.2. The highest BCUT2D eigenvalue weighted by molar-refractivity contribution is 8.19. The van der Waals surface area contributed by atoms with E-state index in [4.69, 9.17) is 0 Å². The molecule has 2 amide bonds. The summed E-state index contributed by atoms with van der Waals surface area (Å²) in [6.07, 6.45) is 1.69. The first kappa shape index (κ1) is 16.3.